The zero-order valence-electron chi connectivity index (χ0n) is 13.2. The van der Waals surface area contributed by atoms with Crippen LogP contribution in [0.3, 0.4) is 0 Å². The van der Waals surface area contributed by atoms with E-state index >= 15 is 0 Å². The molecule has 0 spiro atoms. The first kappa shape index (κ1) is 14.0. The summed E-state index contributed by atoms with van der Waals surface area (Å²) in [6.07, 6.45) is 4.15. The zero-order chi connectivity index (χ0) is 15.6. The van der Waals surface area contributed by atoms with Crippen molar-refractivity contribution in [1.29, 1.82) is 0 Å². The van der Waals surface area contributed by atoms with Crippen molar-refractivity contribution in [3.8, 4) is 11.1 Å². The van der Waals surface area contributed by atoms with Gasteiger partial charge in [-0.3, -0.25) is 0 Å². The molecule has 4 rings (SSSR count). The highest BCUT2D eigenvalue weighted by atomic mass is 14.3. The molecule has 1 aliphatic carbocycles. The van der Waals surface area contributed by atoms with Crippen LogP contribution in [0.5, 0.6) is 0 Å². The van der Waals surface area contributed by atoms with E-state index in [1.165, 1.54) is 33.4 Å². The van der Waals surface area contributed by atoms with Crippen LogP contribution in [0, 0.1) is 0 Å². The van der Waals surface area contributed by atoms with E-state index in [4.69, 9.17) is 0 Å². The van der Waals surface area contributed by atoms with Crippen LogP contribution in [0.25, 0.3) is 17.2 Å². The Balaban J connectivity index is 1.62. The lowest BCUT2D eigenvalue weighted by molar-refractivity contribution is 0.729. The van der Waals surface area contributed by atoms with Gasteiger partial charge in [0.1, 0.15) is 0 Å². The van der Waals surface area contributed by atoms with Gasteiger partial charge < -0.3 is 0 Å². The summed E-state index contributed by atoms with van der Waals surface area (Å²) >= 11 is 0. The van der Waals surface area contributed by atoms with Crippen LogP contribution in [-0.4, -0.2) is 0 Å². The molecule has 0 radical (unpaired) electrons. The van der Waals surface area contributed by atoms with Crippen LogP contribution in [0.1, 0.15) is 34.6 Å². The molecule has 0 nitrogen and oxygen atoms in total. The lowest BCUT2D eigenvalue weighted by Crippen LogP contribution is -1.99. The first-order valence-corrected chi connectivity index (χ1v) is 8.26. The fourth-order valence-corrected chi connectivity index (χ4v) is 3.70. The fourth-order valence-electron chi connectivity index (χ4n) is 3.70. The Morgan fingerprint density at radius 3 is 1.87 bits per heavy atom. The average Bonchev–Trinajstić information content (AvgIpc) is 2.94. The Morgan fingerprint density at radius 1 is 0.739 bits per heavy atom. The third-order valence-electron chi connectivity index (χ3n) is 4.90. The van der Waals surface area contributed by atoms with Gasteiger partial charge in [0.15, 0.2) is 0 Å². The van der Waals surface area contributed by atoms with Gasteiger partial charge in [0.2, 0.25) is 0 Å². The Kier molecular flexibility index (Phi) is 3.59. The fraction of sp³-hybridized carbons (Fsp3) is 0.130. The molecule has 0 N–H and O–H groups in total. The predicted octanol–water partition coefficient (Wildman–Crippen LogP) is 6.07. The van der Waals surface area contributed by atoms with Crippen LogP contribution in [0.2, 0.25) is 0 Å². The smallest absolute Gasteiger partial charge is 0.0105 e. The molecule has 0 heteroatoms. The summed E-state index contributed by atoms with van der Waals surface area (Å²) in [6, 6.07) is 26.5. The van der Waals surface area contributed by atoms with Gasteiger partial charge in [0.05, 0.1) is 0 Å². The Labute approximate surface area is 138 Å². The maximum Gasteiger partial charge on any atom is 0.0105 e. The minimum Gasteiger partial charge on any atom is -0.0985 e. The molecule has 1 aliphatic rings. The molecule has 0 aliphatic heterocycles. The molecule has 0 saturated heterocycles. The molecule has 0 aromatic heterocycles. The van der Waals surface area contributed by atoms with E-state index in [0.717, 1.165) is 12.8 Å². The normalized spacial score (nSPS) is 12.7. The highest BCUT2D eigenvalue weighted by Gasteiger charge is 2.27. The van der Waals surface area contributed by atoms with E-state index in [-0.39, 0.29) is 0 Å². The molecule has 0 fully saturated rings. The van der Waals surface area contributed by atoms with Gasteiger partial charge in [0.25, 0.3) is 0 Å². The summed E-state index contributed by atoms with van der Waals surface area (Å²) in [4.78, 5) is 0. The van der Waals surface area contributed by atoms with Crippen molar-refractivity contribution in [3.63, 3.8) is 0 Å². The van der Waals surface area contributed by atoms with Crippen molar-refractivity contribution in [1.82, 2.24) is 0 Å². The highest BCUT2D eigenvalue weighted by molar-refractivity contribution is 5.78. The van der Waals surface area contributed by atoms with Crippen LogP contribution in [0.4, 0.5) is 0 Å². The molecular weight excluding hydrogens is 276 g/mol. The lowest BCUT2D eigenvalue weighted by Gasteiger charge is -2.13. The van der Waals surface area contributed by atoms with Crippen molar-refractivity contribution < 1.29 is 0 Å². The number of fused-ring (bicyclic) bond motifs is 3. The standard InChI is InChI=1S/C23H20/c1-2-17-11-13-18(14-12-17)15-16-23-21-9-5-3-7-19(21)20-8-4-6-10-22(20)23/h2-14,23H,1,15-16H2. The number of hydrogen-bond acceptors (Lipinski definition) is 0. The van der Waals surface area contributed by atoms with Gasteiger partial charge >= 0.3 is 0 Å². The second-order valence-electron chi connectivity index (χ2n) is 6.21. The molecule has 23 heavy (non-hydrogen) atoms. The van der Waals surface area contributed by atoms with Crippen molar-refractivity contribution in [2.45, 2.75) is 18.8 Å². The SMILES string of the molecule is C=Cc1ccc(CCC2c3ccccc3-c3ccccc32)cc1. The van der Waals surface area contributed by atoms with Crippen molar-refractivity contribution in [2.75, 3.05) is 0 Å². The molecule has 112 valence electrons. The van der Waals surface area contributed by atoms with E-state index in [2.05, 4.69) is 79.4 Å². The van der Waals surface area contributed by atoms with Gasteiger partial charge in [-0.1, -0.05) is 85.5 Å². The van der Waals surface area contributed by atoms with Crippen LogP contribution >= 0.6 is 0 Å². The Morgan fingerprint density at radius 2 is 1.30 bits per heavy atom. The third kappa shape index (κ3) is 2.51. The van der Waals surface area contributed by atoms with Crippen molar-refractivity contribution in [3.05, 3.63) is 102 Å². The zero-order valence-corrected chi connectivity index (χ0v) is 13.2. The van der Waals surface area contributed by atoms with Crippen LogP contribution in [0.15, 0.2) is 79.4 Å². The predicted molar refractivity (Wildman–Crippen MR) is 98.6 cm³/mol. The van der Waals surface area contributed by atoms with E-state index in [1.807, 2.05) is 6.08 Å². The topological polar surface area (TPSA) is 0 Å². The maximum atomic E-state index is 3.82. The van der Waals surface area contributed by atoms with Gasteiger partial charge in [-0.25, -0.2) is 0 Å². The lowest BCUT2D eigenvalue weighted by atomic mass is 9.90. The number of rotatable bonds is 4. The molecule has 0 unspecified atom stereocenters. The van der Waals surface area contributed by atoms with Gasteiger partial charge in [0, 0.05) is 5.92 Å². The number of hydrogen-bond donors (Lipinski definition) is 0. The Bertz CT molecular complexity index is 794. The first-order chi connectivity index (χ1) is 11.4. The van der Waals surface area contributed by atoms with Gasteiger partial charge in [-0.2, -0.15) is 0 Å². The summed E-state index contributed by atoms with van der Waals surface area (Å²) in [5.74, 6) is 0.515. The van der Waals surface area contributed by atoms with E-state index in [1.54, 1.807) is 0 Å². The summed E-state index contributed by atoms with van der Waals surface area (Å²) in [5, 5.41) is 0. The molecule has 0 saturated carbocycles. The second kappa shape index (κ2) is 5.89. The molecule has 0 bridgehead atoms. The van der Waals surface area contributed by atoms with Crippen LogP contribution in [-0.2, 0) is 6.42 Å². The summed E-state index contributed by atoms with van der Waals surface area (Å²) in [7, 11) is 0. The minimum absolute atomic E-state index is 0.515. The number of benzene rings is 3. The minimum atomic E-state index is 0.515. The Hall–Kier alpha value is -2.60. The first-order valence-electron chi connectivity index (χ1n) is 8.26. The third-order valence-corrected chi connectivity index (χ3v) is 4.90. The van der Waals surface area contributed by atoms with E-state index in [9.17, 15) is 0 Å². The van der Waals surface area contributed by atoms with Gasteiger partial charge in [-0.05, 0) is 46.2 Å². The van der Waals surface area contributed by atoms with Crippen molar-refractivity contribution >= 4 is 6.08 Å². The largest absolute Gasteiger partial charge is 0.0985 e. The summed E-state index contributed by atoms with van der Waals surface area (Å²) in [6.45, 7) is 3.82. The average molecular weight is 296 g/mol. The summed E-state index contributed by atoms with van der Waals surface area (Å²) in [5.41, 5.74) is 8.38. The van der Waals surface area contributed by atoms with Crippen LogP contribution < -0.4 is 0 Å². The molecule has 0 heterocycles. The molecule has 3 aromatic rings. The van der Waals surface area contributed by atoms with Gasteiger partial charge in [-0.15, -0.1) is 0 Å². The molecule has 0 amide bonds. The second-order valence-corrected chi connectivity index (χ2v) is 6.21. The summed E-state index contributed by atoms with van der Waals surface area (Å²) < 4.78 is 0. The monoisotopic (exact) mass is 296 g/mol. The quantitative estimate of drug-likeness (QED) is 0.547. The highest BCUT2D eigenvalue weighted by Crippen LogP contribution is 2.46. The van der Waals surface area contributed by atoms with Crippen molar-refractivity contribution in [2.24, 2.45) is 0 Å². The van der Waals surface area contributed by atoms with E-state index in [0.29, 0.717) is 5.92 Å². The number of aryl methyl sites for hydroxylation is 1. The molecule has 3 aromatic carbocycles. The maximum absolute atomic E-state index is 3.82. The molecular formula is C23H20. The van der Waals surface area contributed by atoms with E-state index < -0.39 is 0 Å². The molecule has 0 atom stereocenters.